The first-order valence-corrected chi connectivity index (χ1v) is 5.82. The maximum atomic E-state index is 12.2. The second-order valence-electron chi connectivity index (χ2n) is 4.01. The highest BCUT2D eigenvalue weighted by molar-refractivity contribution is 6.33. The molecule has 1 aromatic carbocycles. The van der Waals surface area contributed by atoms with E-state index in [-0.39, 0.29) is 5.91 Å². The van der Waals surface area contributed by atoms with Crippen LogP contribution >= 0.6 is 11.6 Å². The van der Waals surface area contributed by atoms with Crippen molar-refractivity contribution in [1.29, 1.82) is 0 Å². The Morgan fingerprint density at radius 3 is 2.65 bits per heavy atom. The fourth-order valence-electron chi connectivity index (χ4n) is 1.50. The van der Waals surface area contributed by atoms with E-state index >= 15 is 0 Å². The summed E-state index contributed by atoms with van der Waals surface area (Å²) in [4.78, 5) is 13.9. The molecule has 0 aliphatic rings. The standard InChI is InChI=1S/C13H17ClN2O/c1-4-16(8-9(2)3)13(17)10-5-6-12(15)11(14)7-10/h5-7H,2,4,8,15H2,1,3H3. The van der Waals surface area contributed by atoms with E-state index in [1.54, 1.807) is 23.1 Å². The van der Waals surface area contributed by atoms with Crippen LogP contribution in [0.3, 0.4) is 0 Å². The van der Waals surface area contributed by atoms with Gasteiger partial charge in [-0.3, -0.25) is 4.79 Å². The lowest BCUT2D eigenvalue weighted by molar-refractivity contribution is 0.0778. The molecule has 92 valence electrons. The zero-order valence-corrected chi connectivity index (χ0v) is 10.9. The Bertz CT molecular complexity index is 443. The van der Waals surface area contributed by atoms with E-state index in [2.05, 4.69) is 6.58 Å². The van der Waals surface area contributed by atoms with E-state index < -0.39 is 0 Å². The summed E-state index contributed by atoms with van der Waals surface area (Å²) in [7, 11) is 0. The van der Waals surface area contributed by atoms with E-state index in [0.717, 1.165) is 5.57 Å². The highest BCUT2D eigenvalue weighted by Gasteiger charge is 2.14. The molecule has 0 bridgehead atoms. The Labute approximate surface area is 107 Å². The molecule has 0 saturated carbocycles. The summed E-state index contributed by atoms with van der Waals surface area (Å²) >= 11 is 5.90. The van der Waals surface area contributed by atoms with Crippen LogP contribution < -0.4 is 5.73 Å². The van der Waals surface area contributed by atoms with Gasteiger partial charge in [-0.15, -0.1) is 0 Å². The molecule has 0 aromatic heterocycles. The number of nitrogens with zero attached hydrogens (tertiary/aromatic N) is 1. The number of nitrogen functional groups attached to an aromatic ring is 1. The number of anilines is 1. The molecule has 1 amide bonds. The first-order chi connectivity index (χ1) is 7.95. The van der Waals surface area contributed by atoms with Gasteiger partial charge in [-0.05, 0) is 32.0 Å². The largest absolute Gasteiger partial charge is 0.398 e. The van der Waals surface area contributed by atoms with Crippen LogP contribution in [0.15, 0.2) is 30.4 Å². The number of rotatable bonds is 4. The monoisotopic (exact) mass is 252 g/mol. The van der Waals surface area contributed by atoms with E-state index in [4.69, 9.17) is 17.3 Å². The van der Waals surface area contributed by atoms with Gasteiger partial charge in [0.2, 0.25) is 0 Å². The molecule has 0 spiro atoms. The summed E-state index contributed by atoms with van der Waals surface area (Å²) < 4.78 is 0. The van der Waals surface area contributed by atoms with Crippen molar-refractivity contribution in [3.05, 3.63) is 40.9 Å². The molecule has 4 heteroatoms. The Hall–Kier alpha value is -1.48. The van der Waals surface area contributed by atoms with Crippen LogP contribution in [0, 0.1) is 0 Å². The summed E-state index contributed by atoms with van der Waals surface area (Å²) in [5, 5.41) is 0.405. The van der Waals surface area contributed by atoms with Crippen LogP contribution in [0.25, 0.3) is 0 Å². The van der Waals surface area contributed by atoms with Gasteiger partial charge in [-0.25, -0.2) is 0 Å². The predicted molar refractivity (Wildman–Crippen MR) is 72.3 cm³/mol. The van der Waals surface area contributed by atoms with Crippen LogP contribution in [0.2, 0.25) is 5.02 Å². The first kappa shape index (κ1) is 13.6. The van der Waals surface area contributed by atoms with Crippen molar-refractivity contribution in [1.82, 2.24) is 4.90 Å². The van der Waals surface area contributed by atoms with Crippen LogP contribution in [0.5, 0.6) is 0 Å². The molecule has 1 aromatic rings. The Morgan fingerprint density at radius 1 is 1.53 bits per heavy atom. The van der Waals surface area contributed by atoms with Crippen molar-refractivity contribution in [3.8, 4) is 0 Å². The van der Waals surface area contributed by atoms with Gasteiger partial charge in [-0.2, -0.15) is 0 Å². The smallest absolute Gasteiger partial charge is 0.254 e. The van der Waals surface area contributed by atoms with E-state index in [9.17, 15) is 4.79 Å². The van der Waals surface area contributed by atoms with Crippen LogP contribution in [0.1, 0.15) is 24.2 Å². The molecular weight excluding hydrogens is 236 g/mol. The lowest BCUT2D eigenvalue weighted by Gasteiger charge is -2.21. The number of carbonyl (C=O) groups is 1. The van der Waals surface area contributed by atoms with Crippen molar-refractivity contribution in [2.45, 2.75) is 13.8 Å². The maximum absolute atomic E-state index is 12.2. The fourth-order valence-corrected chi connectivity index (χ4v) is 1.68. The van der Waals surface area contributed by atoms with Gasteiger partial charge in [0, 0.05) is 18.7 Å². The molecule has 0 atom stereocenters. The average Bonchev–Trinajstić information content (AvgIpc) is 2.28. The number of hydrogen-bond acceptors (Lipinski definition) is 2. The lowest BCUT2D eigenvalue weighted by atomic mass is 10.1. The summed E-state index contributed by atoms with van der Waals surface area (Å²) in [6.07, 6.45) is 0. The number of hydrogen-bond donors (Lipinski definition) is 1. The van der Waals surface area contributed by atoms with Crippen LogP contribution in [0.4, 0.5) is 5.69 Å². The first-order valence-electron chi connectivity index (χ1n) is 5.44. The minimum atomic E-state index is -0.0580. The number of halogens is 1. The summed E-state index contributed by atoms with van der Waals surface area (Å²) in [6, 6.07) is 4.93. The molecule has 3 nitrogen and oxygen atoms in total. The van der Waals surface area contributed by atoms with Crippen molar-refractivity contribution in [2.75, 3.05) is 18.8 Å². The molecule has 17 heavy (non-hydrogen) atoms. The molecule has 2 N–H and O–H groups in total. The minimum absolute atomic E-state index is 0.0580. The molecule has 0 unspecified atom stereocenters. The summed E-state index contributed by atoms with van der Waals surface area (Å²) in [6.45, 7) is 8.82. The third-order valence-corrected chi connectivity index (χ3v) is 2.70. The van der Waals surface area contributed by atoms with E-state index in [1.807, 2.05) is 13.8 Å². The van der Waals surface area contributed by atoms with Gasteiger partial charge in [0.25, 0.3) is 5.91 Å². The normalized spacial score (nSPS) is 10.1. The van der Waals surface area contributed by atoms with Crippen molar-refractivity contribution < 1.29 is 4.79 Å². The summed E-state index contributed by atoms with van der Waals surface area (Å²) in [5.41, 5.74) is 7.58. The average molecular weight is 253 g/mol. The van der Waals surface area contributed by atoms with Gasteiger partial charge in [0.05, 0.1) is 10.7 Å². The van der Waals surface area contributed by atoms with Gasteiger partial charge in [0.1, 0.15) is 0 Å². The molecule has 0 aliphatic carbocycles. The van der Waals surface area contributed by atoms with Crippen molar-refractivity contribution in [3.63, 3.8) is 0 Å². The molecule has 0 radical (unpaired) electrons. The molecule has 1 rings (SSSR count). The number of carbonyl (C=O) groups excluding carboxylic acids is 1. The quantitative estimate of drug-likeness (QED) is 0.662. The lowest BCUT2D eigenvalue weighted by Crippen LogP contribution is -2.32. The Morgan fingerprint density at radius 2 is 2.18 bits per heavy atom. The third-order valence-electron chi connectivity index (χ3n) is 2.38. The SMILES string of the molecule is C=C(C)CN(CC)C(=O)c1ccc(N)c(Cl)c1. The van der Waals surface area contributed by atoms with Crippen LogP contribution in [-0.4, -0.2) is 23.9 Å². The van der Waals surface area contributed by atoms with Crippen molar-refractivity contribution in [2.24, 2.45) is 0 Å². The molecule has 0 fully saturated rings. The topological polar surface area (TPSA) is 46.3 Å². The zero-order chi connectivity index (χ0) is 13.0. The van der Waals surface area contributed by atoms with Gasteiger partial charge >= 0.3 is 0 Å². The Balaban J connectivity index is 2.93. The van der Waals surface area contributed by atoms with Gasteiger partial charge in [0.15, 0.2) is 0 Å². The number of amides is 1. The molecule has 0 heterocycles. The van der Waals surface area contributed by atoms with E-state index in [1.165, 1.54) is 0 Å². The number of nitrogens with two attached hydrogens (primary N) is 1. The second-order valence-corrected chi connectivity index (χ2v) is 4.42. The van der Waals surface area contributed by atoms with Crippen molar-refractivity contribution >= 4 is 23.2 Å². The molecular formula is C13H17ClN2O. The minimum Gasteiger partial charge on any atom is -0.398 e. The van der Waals surface area contributed by atoms with Gasteiger partial charge in [-0.1, -0.05) is 23.8 Å². The van der Waals surface area contributed by atoms with E-state index in [0.29, 0.717) is 29.4 Å². The number of benzene rings is 1. The zero-order valence-electron chi connectivity index (χ0n) is 10.2. The fraction of sp³-hybridized carbons (Fsp3) is 0.308. The second kappa shape index (κ2) is 5.73. The maximum Gasteiger partial charge on any atom is 0.254 e. The highest BCUT2D eigenvalue weighted by atomic mass is 35.5. The van der Waals surface area contributed by atoms with Crippen LogP contribution in [-0.2, 0) is 0 Å². The number of likely N-dealkylation sites (N-methyl/N-ethyl adjacent to an activating group) is 1. The molecule has 0 saturated heterocycles. The van der Waals surface area contributed by atoms with Gasteiger partial charge < -0.3 is 10.6 Å². The Kier molecular flexibility index (Phi) is 4.58. The summed E-state index contributed by atoms with van der Waals surface area (Å²) in [5.74, 6) is -0.0580. The third kappa shape index (κ3) is 3.49. The highest BCUT2D eigenvalue weighted by Crippen LogP contribution is 2.20. The predicted octanol–water partition coefficient (Wildman–Crippen LogP) is 2.96. The molecule has 0 aliphatic heterocycles.